The average Bonchev–Trinajstić information content (AvgIpc) is 3.87. The van der Waals surface area contributed by atoms with Gasteiger partial charge in [0.15, 0.2) is 0 Å². The summed E-state index contributed by atoms with van der Waals surface area (Å²) in [7, 11) is 0. The Morgan fingerprint density at radius 2 is 1.09 bits per heavy atom. The predicted molar refractivity (Wildman–Crippen MR) is 269 cm³/mol. The number of nitrogens with zero attached hydrogens (tertiary/aromatic N) is 3. The second-order valence-corrected chi connectivity index (χ2v) is 16.8. The van der Waals surface area contributed by atoms with E-state index >= 15 is 0 Å². The summed E-state index contributed by atoms with van der Waals surface area (Å²) in [5.41, 5.74) is 28.1. The number of fused-ring (bicyclic) bond motifs is 10. The molecule has 1 aliphatic carbocycles. The van der Waals surface area contributed by atoms with Gasteiger partial charge in [0.25, 0.3) is 0 Å². The Hall–Kier alpha value is -8.21. The summed E-state index contributed by atoms with van der Waals surface area (Å²) in [6.07, 6.45) is 11.6. The Kier molecular flexibility index (Phi) is 8.98. The van der Waals surface area contributed by atoms with E-state index in [1.165, 1.54) is 105 Å². The molecule has 4 nitrogen and oxygen atoms in total. The van der Waals surface area contributed by atoms with E-state index in [1.807, 2.05) is 18.5 Å². The van der Waals surface area contributed by atoms with Crippen LogP contribution in [0.5, 0.6) is 0 Å². The lowest BCUT2D eigenvalue weighted by atomic mass is 9.83. The SMILES string of the molecule is C/C=C\C(=C/N)n1c2ccc(-c3cccc(-c4ccccc4)c3)cc2c2ccc3c(c21)CCc1cc2c4cc(-c5cccc(-c6ccccc6)c5)ccc4n(-c4cccnc4)c2cc1-3. The summed E-state index contributed by atoms with van der Waals surface area (Å²) in [6, 6.07) is 66.6. The van der Waals surface area contributed by atoms with Crippen molar-refractivity contribution in [3.8, 4) is 61.3 Å². The Morgan fingerprint density at radius 1 is 0.500 bits per heavy atom. The fourth-order valence-corrected chi connectivity index (χ4v) is 10.3. The van der Waals surface area contributed by atoms with Crippen molar-refractivity contribution in [2.45, 2.75) is 19.8 Å². The third-order valence-corrected chi connectivity index (χ3v) is 13.2. The minimum Gasteiger partial charge on any atom is -0.403 e. The van der Waals surface area contributed by atoms with Crippen LogP contribution < -0.4 is 5.73 Å². The fourth-order valence-electron chi connectivity index (χ4n) is 10.3. The van der Waals surface area contributed by atoms with E-state index in [1.54, 1.807) is 6.20 Å². The third-order valence-electron chi connectivity index (χ3n) is 13.2. The highest BCUT2D eigenvalue weighted by Gasteiger charge is 2.26. The van der Waals surface area contributed by atoms with Gasteiger partial charge in [0.2, 0.25) is 0 Å². The Balaban J connectivity index is 1.05. The van der Waals surface area contributed by atoms with Crippen LogP contribution in [0.1, 0.15) is 18.1 Å². The van der Waals surface area contributed by atoms with E-state index < -0.39 is 0 Å². The van der Waals surface area contributed by atoms with Gasteiger partial charge >= 0.3 is 0 Å². The fraction of sp³-hybridized carbons (Fsp3) is 0.0500. The van der Waals surface area contributed by atoms with Crippen molar-refractivity contribution in [1.82, 2.24) is 14.1 Å². The highest BCUT2D eigenvalue weighted by molar-refractivity contribution is 6.15. The number of pyridine rings is 1. The maximum Gasteiger partial charge on any atom is 0.0645 e. The summed E-state index contributed by atoms with van der Waals surface area (Å²) >= 11 is 0. The summed E-state index contributed by atoms with van der Waals surface area (Å²) in [5.74, 6) is 0. The molecule has 0 amide bonds. The second-order valence-electron chi connectivity index (χ2n) is 16.8. The molecule has 304 valence electrons. The highest BCUT2D eigenvalue weighted by Crippen LogP contribution is 2.46. The molecule has 2 N–H and O–H groups in total. The second kappa shape index (κ2) is 15.3. The van der Waals surface area contributed by atoms with Crippen molar-refractivity contribution in [1.29, 1.82) is 0 Å². The number of nitrogens with two attached hydrogens (primary N) is 1. The topological polar surface area (TPSA) is 48.8 Å². The van der Waals surface area contributed by atoms with Crippen molar-refractivity contribution < 1.29 is 0 Å². The molecule has 0 saturated heterocycles. The monoisotopic (exact) mass is 820 g/mol. The minimum atomic E-state index is 0.917. The first kappa shape index (κ1) is 37.5. The molecule has 0 fully saturated rings. The van der Waals surface area contributed by atoms with Crippen LogP contribution in [0.4, 0.5) is 0 Å². The number of rotatable bonds is 7. The average molecular weight is 821 g/mol. The molecule has 11 aromatic rings. The molecule has 0 atom stereocenters. The summed E-state index contributed by atoms with van der Waals surface area (Å²) in [4.78, 5) is 4.58. The molecule has 12 rings (SSSR count). The Bertz CT molecular complexity index is 3660. The molecule has 0 radical (unpaired) electrons. The molecule has 0 saturated carbocycles. The van der Waals surface area contributed by atoms with E-state index in [9.17, 15) is 0 Å². The summed E-state index contributed by atoms with van der Waals surface area (Å²) < 4.78 is 4.78. The molecule has 3 heterocycles. The first-order chi connectivity index (χ1) is 31.6. The largest absolute Gasteiger partial charge is 0.403 e. The highest BCUT2D eigenvalue weighted by atomic mass is 15.0. The van der Waals surface area contributed by atoms with E-state index in [0.717, 1.165) is 29.7 Å². The van der Waals surface area contributed by atoms with Gasteiger partial charge in [-0.05, 0) is 153 Å². The number of hydrogen-bond acceptors (Lipinski definition) is 2. The van der Waals surface area contributed by atoms with Crippen molar-refractivity contribution in [3.05, 3.63) is 224 Å². The van der Waals surface area contributed by atoms with Gasteiger partial charge in [0.1, 0.15) is 0 Å². The van der Waals surface area contributed by atoms with E-state index in [-0.39, 0.29) is 0 Å². The van der Waals surface area contributed by atoms with Gasteiger partial charge in [-0.25, -0.2) is 0 Å². The zero-order valence-electron chi connectivity index (χ0n) is 35.5. The van der Waals surface area contributed by atoms with Crippen LogP contribution in [-0.2, 0) is 12.8 Å². The smallest absolute Gasteiger partial charge is 0.0645 e. The van der Waals surface area contributed by atoms with Crippen molar-refractivity contribution in [3.63, 3.8) is 0 Å². The van der Waals surface area contributed by atoms with Gasteiger partial charge in [-0.15, -0.1) is 0 Å². The van der Waals surface area contributed by atoms with Crippen LogP contribution in [0.15, 0.2) is 213 Å². The predicted octanol–water partition coefficient (Wildman–Crippen LogP) is 15.1. The third kappa shape index (κ3) is 6.10. The van der Waals surface area contributed by atoms with Gasteiger partial charge in [-0.3, -0.25) is 4.98 Å². The van der Waals surface area contributed by atoms with Crippen LogP contribution in [0, 0.1) is 0 Å². The lowest BCUT2D eigenvalue weighted by Crippen LogP contribution is -2.08. The standard InChI is InChI=1S/C60H44N4/c1-2-12-48(37-61)64-58-29-24-45(43-19-9-17-41(31-43)39-13-5-3-6-14-39)33-54(58)52-27-26-50-51(60(52)64)25-22-47-35-56-55-34-46(44-20-10-18-42(32-44)40-15-7-4-8-16-40)23-28-57(55)63(59(56)36-53(47)50)49-21-11-30-62-38-49/h2-21,23-24,26-38H,22,25,61H2,1H3/b12-2-,48-37+. The van der Waals surface area contributed by atoms with E-state index in [4.69, 9.17) is 5.73 Å². The molecular weight excluding hydrogens is 777 g/mol. The quantitative estimate of drug-likeness (QED) is 0.163. The molecule has 8 aromatic carbocycles. The Labute approximate surface area is 372 Å². The molecule has 4 heteroatoms. The molecule has 3 aromatic heterocycles. The number of benzene rings is 8. The maximum atomic E-state index is 6.49. The van der Waals surface area contributed by atoms with Crippen molar-refractivity contribution >= 4 is 49.3 Å². The van der Waals surface area contributed by atoms with Gasteiger partial charge in [-0.1, -0.05) is 127 Å². The van der Waals surface area contributed by atoms with Crippen LogP contribution in [0.3, 0.4) is 0 Å². The lowest BCUT2D eigenvalue weighted by Gasteiger charge is -2.23. The van der Waals surface area contributed by atoms with E-state index in [2.05, 4.69) is 209 Å². The zero-order chi connectivity index (χ0) is 42.7. The molecule has 0 bridgehead atoms. The van der Waals surface area contributed by atoms with Crippen molar-refractivity contribution in [2.75, 3.05) is 0 Å². The van der Waals surface area contributed by atoms with E-state index in [0.29, 0.717) is 0 Å². The van der Waals surface area contributed by atoms with Crippen LogP contribution >= 0.6 is 0 Å². The molecule has 1 aliphatic rings. The van der Waals surface area contributed by atoms with Crippen LogP contribution in [0.2, 0.25) is 0 Å². The number of aromatic nitrogens is 3. The van der Waals surface area contributed by atoms with Crippen molar-refractivity contribution in [2.24, 2.45) is 5.73 Å². The summed E-state index contributed by atoms with van der Waals surface area (Å²) in [5, 5.41) is 4.94. The zero-order valence-corrected chi connectivity index (χ0v) is 35.5. The first-order valence-corrected chi connectivity index (χ1v) is 22.1. The molecule has 0 spiro atoms. The maximum absolute atomic E-state index is 6.49. The first-order valence-electron chi connectivity index (χ1n) is 22.1. The normalized spacial score (nSPS) is 12.7. The van der Waals surface area contributed by atoms with Crippen LogP contribution in [0.25, 0.3) is 111 Å². The van der Waals surface area contributed by atoms with Gasteiger partial charge < -0.3 is 14.9 Å². The number of hydrogen-bond donors (Lipinski definition) is 1. The van der Waals surface area contributed by atoms with Crippen LogP contribution in [-0.4, -0.2) is 14.1 Å². The molecular formula is C60H44N4. The number of aryl methyl sites for hydroxylation is 2. The van der Waals surface area contributed by atoms with Gasteiger partial charge in [0, 0.05) is 33.9 Å². The molecule has 0 aliphatic heterocycles. The number of allylic oxidation sites excluding steroid dienone is 3. The lowest BCUT2D eigenvalue weighted by molar-refractivity contribution is 0.946. The van der Waals surface area contributed by atoms with Gasteiger partial charge in [0.05, 0.1) is 39.6 Å². The Morgan fingerprint density at radius 3 is 1.72 bits per heavy atom. The minimum absolute atomic E-state index is 0.917. The summed E-state index contributed by atoms with van der Waals surface area (Å²) in [6.45, 7) is 2.05. The van der Waals surface area contributed by atoms with Gasteiger partial charge in [-0.2, -0.15) is 0 Å². The molecule has 0 unspecified atom stereocenters. The molecule has 64 heavy (non-hydrogen) atoms.